The van der Waals surface area contributed by atoms with Crippen molar-refractivity contribution < 1.29 is 28.5 Å². The van der Waals surface area contributed by atoms with E-state index in [9.17, 15) is 4.79 Å². The average molecular weight is 246 g/mol. The first-order valence-corrected chi connectivity index (χ1v) is 5.51. The predicted octanol–water partition coefficient (Wildman–Crippen LogP) is 0.468. The van der Waals surface area contributed by atoms with E-state index in [1.54, 1.807) is 0 Å². The molecule has 0 aliphatic carbocycles. The molecule has 6 heteroatoms. The van der Waals surface area contributed by atoms with Crippen molar-refractivity contribution in [3.8, 4) is 0 Å². The third kappa shape index (κ3) is 5.78. The Labute approximate surface area is 100 Å². The molecule has 2 unspecified atom stereocenters. The van der Waals surface area contributed by atoms with Gasteiger partial charge in [-0.15, -0.1) is 0 Å². The quantitative estimate of drug-likeness (QED) is 0.530. The Morgan fingerprint density at radius 2 is 2.00 bits per heavy atom. The molecule has 0 saturated carbocycles. The summed E-state index contributed by atoms with van der Waals surface area (Å²) in [4.78, 5) is 11.0. The van der Waals surface area contributed by atoms with E-state index in [0.29, 0.717) is 19.8 Å². The maximum Gasteiger partial charge on any atom is 0.332 e. The van der Waals surface area contributed by atoms with E-state index >= 15 is 0 Å². The zero-order valence-electron chi connectivity index (χ0n) is 9.92. The molecule has 0 aromatic heterocycles. The van der Waals surface area contributed by atoms with Crippen molar-refractivity contribution in [3.05, 3.63) is 12.7 Å². The van der Waals surface area contributed by atoms with Crippen LogP contribution in [0, 0.1) is 0 Å². The van der Waals surface area contributed by atoms with Crippen LogP contribution in [0.2, 0.25) is 0 Å². The molecular formula is C11H18O6. The van der Waals surface area contributed by atoms with Gasteiger partial charge in [-0.2, -0.15) is 0 Å². The normalized spacial score (nSPS) is 26.4. The van der Waals surface area contributed by atoms with Crippen molar-refractivity contribution in [1.82, 2.24) is 0 Å². The second-order valence-corrected chi connectivity index (χ2v) is 3.23. The molecule has 6 nitrogen and oxygen atoms in total. The topological polar surface area (TPSA) is 63.2 Å². The zero-order valence-corrected chi connectivity index (χ0v) is 9.92. The molecule has 0 spiro atoms. The van der Waals surface area contributed by atoms with Crippen LogP contribution >= 0.6 is 0 Å². The number of ether oxygens (including phenoxy) is 5. The van der Waals surface area contributed by atoms with Gasteiger partial charge in [0.05, 0.1) is 19.8 Å². The summed E-state index contributed by atoms with van der Waals surface area (Å²) in [5, 5.41) is 0. The van der Waals surface area contributed by atoms with Gasteiger partial charge in [-0.1, -0.05) is 6.58 Å². The van der Waals surface area contributed by atoms with Crippen molar-refractivity contribution in [2.45, 2.75) is 19.5 Å². The smallest absolute Gasteiger partial charge is 0.332 e. The predicted molar refractivity (Wildman–Crippen MR) is 58.2 cm³/mol. The van der Waals surface area contributed by atoms with Crippen LogP contribution in [0.1, 0.15) is 6.92 Å². The Morgan fingerprint density at radius 1 is 1.35 bits per heavy atom. The van der Waals surface area contributed by atoms with Crippen molar-refractivity contribution in [2.24, 2.45) is 0 Å². The summed E-state index contributed by atoms with van der Waals surface area (Å²) >= 11 is 0. The van der Waals surface area contributed by atoms with Crippen LogP contribution in [0.25, 0.3) is 0 Å². The molecule has 1 heterocycles. The van der Waals surface area contributed by atoms with E-state index < -0.39 is 18.5 Å². The highest BCUT2D eigenvalue weighted by Gasteiger charge is 2.18. The minimum absolute atomic E-state index is 0.145. The summed E-state index contributed by atoms with van der Waals surface area (Å²) in [6.45, 7) is 6.82. The monoisotopic (exact) mass is 246 g/mol. The van der Waals surface area contributed by atoms with Crippen LogP contribution in [0.15, 0.2) is 12.7 Å². The minimum atomic E-state index is -0.732. The van der Waals surface area contributed by atoms with Crippen molar-refractivity contribution in [3.63, 3.8) is 0 Å². The molecule has 17 heavy (non-hydrogen) atoms. The first-order valence-electron chi connectivity index (χ1n) is 5.51. The fraction of sp³-hybridized carbons (Fsp3) is 0.727. The molecule has 0 radical (unpaired) electrons. The van der Waals surface area contributed by atoms with E-state index in [0.717, 1.165) is 6.08 Å². The van der Waals surface area contributed by atoms with E-state index in [-0.39, 0.29) is 13.2 Å². The van der Waals surface area contributed by atoms with Crippen molar-refractivity contribution in [1.29, 1.82) is 0 Å². The standard InChI is InChI=1S/C11H18O6/c1-3-9(12)17-11-8-13-7-10(14-4-2)15-5-6-16-11/h3,10-11H,1,4-8H2,2H3. The van der Waals surface area contributed by atoms with E-state index in [1.165, 1.54) is 0 Å². The molecular weight excluding hydrogens is 228 g/mol. The first kappa shape index (κ1) is 14.1. The molecule has 2 atom stereocenters. The fourth-order valence-corrected chi connectivity index (χ4v) is 1.24. The molecule has 1 rings (SSSR count). The third-order valence-corrected chi connectivity index (χ3v) is 1.97. The second kappa shape index (κ2) is 8.19. The summed E-state index contributed by atoms with van der Waals surface area (Å²) in [5.41, 5.74) is 0. The second-order valence-electron chi connectivity index (χ2n) is 3.23. The summed E-state index contributed by atoms with van der Waals surface area (Å²) in [5.74, 6) is -0.542. The molecule has 98 valence electrons. The van der Waals surface area contributed by atoms with Gasteiger partial charge in [-0.25, -0.2) is 4.79 Å². The largest absolute Gasteiger partial charge is 0.430 e. The summed E-state index contributed by atoms with van der Waals surface area (Å²) < 4.78 is 26.1. The molecule has 0 aromatic carbocycles. The lowest BCUT2D eigenvalue weighted by Crippen LogP contribution is -2.27. The van der Waals surface area contributed by atoms with Gasteiger partial charge in [0.25, 0.3) is 0 Å². The summed E-state index contributed by atoms with van der Waals surface area (Å²) in [7, 11) is 0. The summed E-state index contributed by atoms with van der Waals surface area (Å²) in [6.07, 6.45) is -0.0582. The highest BCUT2D eigenvalue weighted by molar-refractivity contribution is 5.81. The van der Waals surface area contributed by atoms with Crippen LogP contribution in [-0.4, -0.2) is 51.6 Å². The van der Waals surface area contributed by atoms with Crippen LogP contribution in [0.5, 0.6) is 0 Å². The Morgan fingerprint density at radius 3 is 2.65 bits per heavy atom. The molecule has 1 saturated heterocycles. The van der Waals surface area contributed by atoms with Crippen LogP contribution in [0.4, 0.5) is 0 Å². The number of carbonyl (C=O) groups excluding carboxylic acids is 1. The Bertz CT molecular complexity index is 242. The number of hydrogen-bond donors (Lipinski definition) is 0. The van der Waals surface area contributed by atoms with Crippen molar-refractivity contribution >= 4 is 5.97 Å². The van der Waals surface area contributed by atoms with Gasteiger partial charge in [-0.05, 0) is 6.92 Å². The fourth-order valence-electron chi connectivity index (χ4n) is 1.24. The van der Waals surface area contributed by atoms with Gasteiger partial charge >= 0.3 is 5.97 Å². The molecule has 1 aliphatic heterocycles. The van der Waals surface area contributed by atoms with Gasteiger partial charge in [0.1, 0.15) is 6.61 Å². The van der Waals surface area contributed by atoms with E-state index in [4.69, 9.17) is 23.7 Å². The molecule has 1 fully saturated rings. The minimum Gasteiger partial charge on any atom is -0.430 e. The van der Waals surface area contributed by atoms with Gasteiger partial charge < -0.3 is 23.7 Å². The number of carbonyl (C=O) groups is 1. The SMILES string of the molecule is C=CC(=O)OC1COCC(OCC)OCCO1. The van der Waals surface area contributed by atoms with Gasteiger partial charge in [-0.3, -0.25) is 0 Å². The molecule has 0 N–H and O–H groups in total. The average Bonchev–Trinajstić information content (AvgIpc) is 2.43. The first-order chi connectivity index (χ1) is 8.26. The van der Waals surface area contributed by atoms with Crippen LogP contribution in [0.3, 0.4) is 0 Å². The lowest BCUT2D eigenvalue weighted by atomic mass is 10.6. The van der Waals surface area contributed by atoms with Crippen LogP contribution < -0.4 is 0 Å². The Balaban J connectivity index is 2.36. The number of esters is 1. The highest BCUT2D eigenvalue weighted by atomic mass is 16.7. The maximum atomic E-state index is 11.0. The third-order valence-electron chi connectivity index (χ3n) is 1.97. The maximum absolute atomic E-state index is 11.0. The number of rotatable bonds is 4. The van der Waals surface area contributed by atoms with Gasteiger partial charge in [0.15, 0.2) is 6.29 Å². The van der Waals surface area contributed by atoms with Crippen molar-refractivity contribution in [2.75, 3.05) is 33.0 Å². The molecule has 0 amide bonds. The molecule has 1 aliphatic rings. The highest BCUT2D eigenvalue weighted by Crippen LogP contribution is 2.04. The van der Waals surface area contributed by atoms with Crippen LogP contribution in [-0.2, 0) is 28.5 Å². The Kier molecular flexibility index (Phi) is 6.80. The van der Waals surface area contributed by atoms with Gasteiger partial charge in [0, 0.05) is 12.7 Å². The lowest BCUT2D eigenvalue weighted by Gasteiger charge is -2.16. The van der Waals surface area contributed by atoms with E-state index in [1.807, 2.05) is 6.92 Å². The van der Waals surface area contributed by atoms with Gasteiger partial charge in [0.2, 0.25) is 6.29 Å². The molecule has 0 bridgehead atoms. The Hall–Kier alpha value is -0.950. The lowest BCUT2D eigenvalue weighted by molar-refractivity contribution is -0.185. The molecule has 0 aromatic rings. The summed E-state index contributed by atoms with van der Waals surface area (Å²) in [6, 6.07) is 0. The number of hydrogen-bond acceptors (Lipinski definition) is 6. The van der Waals surface area contributed by atoms with E-state index in [2.05, 4.69) is 6.58 Å². The zero-order chi connectivity index (χ0) is 12.5.